The molecule has 0 amide bonds. The molecule has 0 fully saturated rings. The van der Waals surface area contributed by atoms with E-state index in [1.807, 2.05) is 122 Å². The third-order valence-electron chi connectivity index (χ3n) is 8.15. The van der Waals surface area contributed by atoms with E-state index in [0.717, 1.165) is 95.4 Å². The highest BCUT2D eigenvalue weighted by molar-refractivity contribution is 5.58. The largest absolute Gasteiger partial charge is 0.328 e. The Hall–Kier alpha value is -6.89. The van der Waals surface area contributed by atoms with Crippen molar-refractivity contribution in [3.8, 4) is 0 Å². The first-order chi connectivity index (χ1) is 26.1. The lowest BCUT2D eigenvalue weighted by atomic mass is 10.1. The minimum absolute atomic E-state index is 0.436. The average molecular weight is 700 g/mol. The van der Waals surface area contributed by atoms with Gasteiger partial charge in [0.2, 0.25) is 11.9 Å². The van der Waals surface area contributed by atoms with E-state index in [4.69, 9.17) is 0 Å². The maximum absolute atomic E-state index is 4.58. The zero-order valence-electron chi connectivity index (χ0n) is 29.2. The molecule has 1 heterocycles. The normalized spacial score (nSPS) is 16.1. The third kappa shape index (κ3) is 10.6. The van der Waals surface area contributed by atoms with Crippen molar-refractivity contribution in [3.05, 3.63) is 156 Å². The highest BCUT2D eigenvalue weighted by atomic mass is 15.2. The van der Waals surface area contributed by atoms with Crippen LogP contribution in [-0.2, 0) is 0 Å². The van der Waals surface area contributed by atoms with Gasteiger partial charge < -0.3 is 10.6 Å². The second kappa shape index (κ2) is 17.4. The molecular weight excluding hydrogens is 663 g/mol. The molecule has 3 aromatic carbocycles. The summed E-state index contributed by atoms with van der Waals surface area (Å²) in [6.45, 7) is 1.83. The van der Waals surface area contributed by atoms with Crippen molar-refractivity contribution < 1.29 is 0 Å². The number of hydrogen-bond acceptors (Lipinski definition) is 13. The Labute approximate surface area is 307 Å². The van der Waals surface area contributed by atoms with E-state index in [2.05, 4.69) is 72.6 Å². The van der Waals surface area contributed by atoms with Crippen LogP contribution in [0.15, 0.2) is 191 Å². The number of aryl methyl sites for hydroxylation is 1. The monoisotopic (exact) mass is 699 g/mol. The second-order valence-corrected chi connectivity index (χ2v) is 12.3. The zero-order valence-corrected chi connectivity index (χ0v) is 29.2. The number of benzene rings is 3. The summed E-state index contributed by atoms with van der Waals surface area (Å²) in [5.74, 6) is 1.49. The van der Waals surface area contributed by atoms with E-state index in [9.17, 15) is 0 Å². The maximum Gasteiger partial charge on any atom is 0.232 e. The van der Waals surface area contributed by atoms with Gasteiger partial charge in [0.1, 0.15) is 5.82 Å². The van der Waals surface area contributed by atoms with Gasteiger partial charge in [-0.15, -0.1) is 0 Å². The fourth-order valence-electron chi connectivity index (χ4n) is 5.32. The van der Waals surface area contributed by atoms with Crippen molar-refractivity contribution in [2.24, 2.45) is 40.9 Å². The smallest absolute Gasteiger partial charge is 0.232 e. The average Bonchev–Trinajstić information content (AvgIpc) is 3.20. The molecule has 1 aromatic heterocycles. The summed E-state index contributed by atoms with van der Waals surface area (Å²) >= 11 is 0. The van der Waals surface area contributed by atoms with Crippen molar-refractivity contribution in [3.63, 3.8) is 0 Å². The first-order valence-electron chi connectivity index (χ1n) is 17.4. The standard InChI is InChI=1S/C40H37N13/c1-28-41-39(43-29-12-16-33(17-13-29)50-52-37-24-20-35(21-25-37)48-46-31-8-4-2-5-9-31)45-40(42-28)44-30-14-18-34(19-15-30)51-53-38-26-22-36(23-27-38)49-47-32-10-6-3-7-11-32/h2-6,8-10,12-14,16-18,20,22-24,26-27H,7,11,15,19,21,25H2,1H3,(H2,41,42,43,44,45). The van der Waals surface area contributed by atoms with Crippen LogP contribution in [0.2, 0.25) is 0 Å². The van der Waals surface area contributed by atoms with Gasteiger partial charge >= 0.3 is 0 Å². The summed E-state index contributed by atoms with van der Waals surface area (Å²) in [7, 11) is 0. The molecule has 0 saturated heterocycles. The third-order valence-corrected chi connectivity index (χ3v) is 8.15. The highest BCUT2D eigenvalue weighted by Crippen LogP contribution is 2.27. The van der Waals surface area contributed by atoms with E-state index >= 15 is 0 Å². The van der Waals surface area contributed by atoms with Crippen molar-refractivity contribution in [1.82, 2.24) is 15.0 Å². The van der Waals surface area contributed by atoms with Crippen molar-refractivity contribution in [1.29, 1.82) is 0 Å². The number of aromatic nitrogens is 3. The van der Waals surface area contributed by atoms with Crippen LogP contribution >= 0.6 is 0 Å². The van der Waals surface area contributed by atoms with Crippen LogP contribution in [0.4, 0.5) is 40.3 Å². The topological polar surface area (TPSA) is 162 Å². The lowest BCUT2D eigenvalue weighted by molar-refractivity contribution is 0.844. The van der Waals surface area contributed by atoms with E-state index in [0.29, 0.717) is 17.7 Å². The Morgan fingerprint density at radius 2 is 0.943 bits per heavy atom. The lowest BCUT2D eigenvalue weighted by Gasteiger charge is -2.14. The van der Waals surface area contributed by atoms with Crippen LogP contribution in [0.25, 0.3) is 0 Å². The first kappa shape index (κ1) is 34.6. The Bertz CT molecular complexity index is 2220. The maximum atomic E-state index is 4.58. The fraction of sp³-hybridized carbons (Fsp3) is 0.175. The minimum Gasteiger partial charge on any atom is -0.328 e. The van der Waals surface area contributed by atoms with Crippen LogP contribution in [0.3, 0.4) is 0 Å². The molecule has 2 N–H and O–H groups in total. The molecule has 262 valence electrons. The SMILES string of the molecule is Cc1nc(NC2=CC=C(N=Nc3ccc(N=NC4=CC=CCC4)cc3)CC2)nc(Nc2ccc(N=NC3=CC=C(N=Nc4ccccc4)CC3)cc2)n1. The molecule has 0 aliphatic heterocycles. The Balaban J connectivity index is 0.901. The van der Waals surface area contributed by atoms with E-state index in [-0.39, 0.29) is 0 Å². The summed E-state index contributed by atoms with van der Waals surface area (Å²) < 4.78 is 0. The number of hydrogen-bond donors (Lipinski definition) is 2. The van der Waals surface area contributed by atoms with Gasteiger partial charge in [-0.05, 0) is 136 Å². The number of nitrogens with one attached hydrogen (secondary N) is 2. The minimum atomic E-state index is 0.436. The van der Waals surface area contributed by atoms with Gasteiger partial charge in [0, 0.05) is 11.4 Å². The number of azo groups is 4. The van der Waals surface area contributed by atoms with Crippen LogP contribution in [0, 0.1) is 6.92 Å². The molecular formula is C40H37N13. The molecule has 3 aliphatic carbocycles. The highest BCUT2D eigenvalue weighted by Gasteiger charge is 2.11. The van der Waals surface area contributed by atoms with Gasteiger partial charge in [-0.2, -0.15) is 55.9 Å². The van der Waals surface area contributed by atoms with E-state index in [1.54, 1.807) is 0 Å². The summed E-state index contributed by atoms with van der Waals surface area (Å²) in [5.41, 5.74) is 8.58. The Morgan fingerprint density at radius 1 is 0.453 bits per heavy atom. The Kier molecular flexibility index (Phi) is 11.3. The molecule has 53 heavy (non-hydrogen) atoms. The first-order valence-corrected chi connectivity index (χ1v) is 17.4. The predicted octanol–water partition coefficient (Wildman–Crippen LogP) is 12.4. The van der Waals surface area contributed by atoms with Crippen molar-refractivity contribution in [2.75, 3.05) is 10.6 Å². The van der Waals surface area contributed by atoms with Gasteiger partial charge in [-0.25, -0.2) is 0 Å². The van der Waals surface area contributed by atoms with Crippen LogP contribution in [-0.4, -0.2) is 15.0 Å². The lowest BCUT2D eigenvalue weighted by Crippen LogP contribution is -2.09. The molecule has 13 heteroatoms. The van der Waals surface area contributed by atoms with Gasteiger partial charge in [0.25, 0.3) is 0 Å². The molecule has 0 radical (unpaired) electrons. The summed E-state index contributed by atoms with van der Waals surface area (Å²) in [6, 6.07) is 24.9. The number of nitrogens with zero attached hydrogens (tertiary/aromatic N) is 11. The molecule has 0 unspecified atom stereocenters. The van der Waals surface area contributed by atoms with Crippen LogP contribution < -0.4 is 10.6 Å². The summed E-state index contributed by atoms with van der Waals surface area (Å²) in [5, 5.41) is 41.6. The molecule has 13 nitrogen and oxygen atoms in total. The molecule has 4 aromatic rings. The number of allylic oxidation sites excluding steroid dienone is 12. The van der Waals surface area contributed by atoms with E-state index < -0.39 is 0 Å². The molecule has 0 saturated carbocycles. The van der Waals surface area contributed by atoms with Gasteiger partial charge in [0.15, 0.2) is 0 Å². The van der Waals surface area contributed by atoms with Crippen molar-refractivity contribution >= 4 is 40.3 Å². The number of anilines is 3. The molecule has 7 rings (SSSR count). The second-order valence-electron chi connectivity index (χ2n) is 12.3. The summed E-state index contributed by atoms with van der Waals surface area (Å²) in [4.78, 5) is 13.5. The van der Waals surface area contributed by atoms with Crippen molar-refractivity contribution in [2.45, 2.75) is 45.4 Å². The fourth-order valence-corrected chi connectivity index (χ4v) is 5.32. The van der Waals surface area contributed by atoms with Gasteiger partial charge in [-0.1, -0.05) is 30.4 Å². The molecule has 0 bridgehead atoms. The van der Waals surface area contributed by atoms with Crippen LogP contribution in [0.1, 0.15) is 44.3 Å². The van der Waals surface area contributed by atoms with Gasteiger partial charge in [0.05, 0.1) is 45.5 Å². The van der Waals surface area contributed by atoms with Gasteiger partial charge in [-0.3, -0.25) is 0 Å². The Morgan fingerprint density at radius 3 is 1.45 bits per heavy atom. The zero-order chi connectivity index (χ0) is 36.1. The van der Waals surface area contributed by atoms with E-state index in [1.165, 1.54) is 0 Å². The predicted molar refractivity (Wildman–Crippen MR) is 206 cm³/mol. The molecule has 0 spiro atoms. The van der Waals surface area contributed by atoms with Crippen LogP contribution in [0.5, 0.6) is 0 Å². The number of rotatable bonds is 12. The molecule has 0 atom stereocenters. The quantitative estimate of drug-likeness (QED) is 0.140. The summed E-state index contributed by atoms with van der Waals surface area (Å²) in [6.07, 6.45) is 18.8. The molecule has 3 aliphatic rings.